The number of hydrogen-bond donors (Lipinski definition) is 1. The lowest BCUT2D eigenvalue weighted by Gasteiger charge is -2.16. The lowest BCUT2D eigenvalue weighted by molar-refractivity contribution is 0.00108. The van der Waals surface area contributed by atoms with Crippen molar-refractivity contribution in [2.24, 2.45) is 5.73 Å². The van der Waals surface area contributed by atoms with Crippen LogP contribution in [0.15, 0.2) is 0 Å². The fourth-order valence-corrected chi connectivity index (χ4v) is 0.250. The van der Waals surface area contributed by atoms with E-state index < -0.39 is 0 Å². The van der Waals surface area contributed by atoms with Gasteiger partial charge in [0.05, 0.1) is 12.3 Å². The van der Waals surface area contributed by atoms with Crippen LogP contribution in [-0.2, 0) is 4.74 Å². The maximum absolute atomic E-state index is 5.09. The highest BCUT2D eigenvalue weighted by atomic mass is 16.5. The van der Waals surface area contributed by atoms with E-state index in [-0.39, 0.29) is 11.1 Å². The monoisotopic (exact) mass is 121 g/mol. The molecule has 4 N–H and O–H groups in total. The largest absolute Gasteiger partial charge is 0.412 e. The molecule has 0 bridgehead atoms. The fraction of sp³-hybridized carbons (Fsp3) is 1.00. The van der Waals surface area contributed by atoms with Crippen LogP contribution in [0, 0.1) is 0 Å². The van der Waals surface area contributed by atoms with Crippen molar-refractivity contribution in [2.75, 3.05) is 6.73 Å². The highest BCUT2D eigenvalue weighted by Gasteiger charge is 2.06. The van der Waals surface area contributed by atoms with Gasteiger partial charge in [-0.1, -0.05) is 0 Å². The summed E-state index contributed by atoms with van der Waals surface area (Å²) < 4.78 is 5.01. The highest BCUT2D eigenvalue weighted by molar-refractivity contribution is 4.56. The van der Waals surface area contributed by atoms with E-state index in [1.807, 2.05) is 20.8 Å². The van der Waals surface area contributed by atoms with Crippen molar-refractivity contribution in [3.05, 3.63) is 0 Å². The molecule has 0 aliphatic heterocycles. The average molecular weight is 121 g/mol. The SMILES string of the molecule is CC(C)(C)OCN.O. The van der Waals surface area contributed by atoms with Gasteiger partial charge >= 0.3 is 0 Å². The first-order valence-electron chi connectivity index (χ1n) is 2.40. The van der Waals surface area contributed by atoms with Gasteiger partial charge in [0.2, 0.25) is 0 Å². The van der Waals surface area contributed by atoms with Gasteiger partial charge in [-0.05, 0) is 20.8 Å². The summed E-state index contributed by atoms with van der Waals surface area (Å²) in [5, 5.41) is 0. The molecular weight excluding hydrogens is 106 g/mol. The van der Waals surface area contributed by atoms with Crippen LogP contribution in [0.4, 0.5) is 0 Å². The molecule has 8 heavy (non-hydrogen) atoms. The second-order valence-corrected chi connectivity index (χ2v) is 2.42. The summed E-state index contributed by atoms with van der Waals surface area (Å²) in [7, 11) is 0. The fourth-order valence-electron chi connectivity index (χ4n) is 0.250. The van der Waals surface area contributed by atoms with Crippen molar-refractivity contribution in [2.45, 2.75) is 26.4 Å². The number of rotatable bonds is 1. The van der Waals surface area contributed by atoms with Crippen molar-refractivity contribution in [3.63, 3.8) is 0 Å². The Hall–Kier alpha value is -0.120. The Morgan fingerprint density at radius 3 is 1.75 bits per heavy atom. The zero-order valence-electron chi connectivity index (χ0n) is 5.69. The van der Waals surface area contributed by atoms with Gasteiger partial charge in [-0.3, -0.25) is 0 Å². The van der Waals surface area contributed by atoms with Crippen LogP contribution >= 0.6 is 0 Å². The molecule has 3 nitrogen and oxygen atoms in total. The molecule has 3 heteroatoms. The predicted octanol–water partition coefficient (Wildman–Crippen LogP) is -0.107. The molecule has 0 aromatic carbocycles. The molecule has 0 radical (unpaired) electrons. The van der Waals surface area contributed by atoms with Gasteiger partial charge in [0, 0.05) is 0 Å². The highest BCUT2D eigenvalue weighted by Crippen LogP contribution is 2.03. The first kappa shape index (κ1) is 10.8. The van der Waals surface area contributed by atoms with E-state index in [0.717, 1.165) is 0 Å². The smallest absolute Gasteiger partial charge is 0.0947 e. The minimum absolute atomic E-state index is 0. The Labute approximate surface area is 50.1 Å². The van der Waals surface area contributed by atoms with Crippen LogP contribution in [0.3, 0.4) is 0 Å². The normalized spacial score (nSPS) is 10.5. The first-order chi connectivity index (χ1) is 3.06. The Balaban J connectivity index is 0. The quantitative estimate of drug-likeness (QED) is 0.492. The third-order valence-electron chi connectivity index (χ3n) is 0.516. The van der Waals surface area contributed by atoms with Crippen molar-refractivity contribution >= 4 is 0 Å². The Bertz CT molecular complexity index is 48.9. The molecular formula is C5H15NO2. The number of nitrogens with two attached hydrogens (primary N) is 1. The summed E-state index contributed by atoms with van der Waals surface area (Å²) in [6.07, 6.45) is 0. The molecule has 0 aliphatic rings. The van der Waals surface area contributed by atoms with E-state index in [2.05, 4.69) is 0 Å². The van der Waals surface area contributed by atoms with E-state index in [1.165, 1.54) is 0 Å². The molecule has 0 aromatic heterocycles. The van der Waals surface area contributed by atoms with Gasteiger partial charge < -0.3 is 15.9 Å². The zero-order chi connectivity index (χ0) is 5.91. The summed E-state index contributed by atoms with van der Waals surface area (Å²) in [4.78, 5) is 0. The Morgan fingerprint density at radius 2 is 1.75 bits per heavy atom. The van der Waals surface area contributed by atoms with Crippen molar-refractivity contribution < 1.29 is 10.2 Å². The maximum Gasteiger partial charge on any atom is 0.0947 e. The number of ether oxygens (including phenoxy) is 1. The van der Waals surface area contributed by atoms with E-state index in [9.17, 15) is 0 Å². The van der Waals surface area contributed by atoms with Gasteiger partial charge in [0.1, 0.15) is 0 Å². The minimum atomic E-state index is -0.0747. The predicted molar refractivity (Wildman–Crippen MR) is 33.5 cm³/mol. The molecule has 0 amide bonds. The van der Waals surface area contributed by atoms with E-state index in [0.29, 0.717) is 6.73 Å². The Kier molecular flexibility index (Phi) is 5.17. The third kappa shape index (κ3) is 9.30. The van der Waals surface area contributed by atoms with Crippen LogP contribution in [-0.4, -0.2) is 17.8 Å². The van der Waals surface area contributed by atoms with E-state index >= 15 is 0 Å². The van der Waals surface area contributed by atoms with E-state index in [4.69, 9.17) is 10.5 Å². The van der Waals surface area contributed by atoms with Crippen LogP contribution in [0.2, 0.25) is 0 Å². The molecule has 52 valence electrons. The molecule has 0 unspecified atom stereocenters. The second kappa shape index (κ2) is 3.83. The van der Waals surface area contributed by atoms with Crippen molar-refractivity contribution in [3.8, 4) is 0 Å². The molecule has 0 fully saturated rings. The average Bonchev–Trinajstić information content (AvgIpc) is 1.30. The van der Waals surface area contributed by atoms with Gasteiger partial charge in [0.15, 0.2) is 0 Å². The standard InChI is InChI=1S/C5H13NO.H2O/c1-5(2,3)7-4-6;/h4,6H2,1-3H3;1H2. The summed E-state index contributed by atoms with van der Waals surface area (Å²) in [5.74, 6) is 0. The number of hydrogen-bond acceptors (Lipinski definition) is 2. The summed E-state index contributed by atoms with van der Waals surface area (Å²) >= 11 is 0. The van der Waals surface area contributed by atoms with Gasteiger partial charge in [0.25, 0.3) is 0 Å². The summed E-state index contributed by atoms with van der Waals surface area (Å²) in [5.41, 5.74) is 5.02. The molecule has 0 saturated carbocycles. The topological polar surface area (TPSA) is 66.8 Å². The van der Waals surface area contributed by atoms with Gasteiger partial charge in [-0.2, -0.15) is 0 Å². The zero-order valence-corrected chi connectivity index (χ0v) is 5.69. The Morgan fingerprint density at radius 1 is 1.38 bits per heavy atom. The molecule has 0 saturated heterocycles. The van der Waals surface area contributed by atoms with Crippen LogP contribution in [0.1, 0.15) is 20.8 Å². The molecule has 0 aromatic rings. The molecule has 0 spiro atoms. The van der Waals surface area contributed by atoms with Crippen molar-refractivity contribution in [1.29, 1.82) is 0 Å². The third-order valence-corrected chi connectivity index (χ3v) is 0.516. The molecule has 0 heterocycles. The van der Waals surface area contributed by atoms with Crippen molar-refractivity contribution in [1.82, 2.24) is 0 Å². The van der Waals surface area contributed by atoms with Crippen LogP contribution < -0.4 is 5.73 Å². The van der Waals surface area contributed by atoms with Gasteiger partial charge in [-0.25, -0.2) is 0 Å². The lowest BCUT2D eigenvalue weighted by atomic mass is 10.2. The van der Waals surface area contributed by atoms with E-state index in [1.54, 1.807) is 0 Å². The second-order valence-electron chi connectivity index (χ2n) is 2.42. The summed E-state index contributed by atoms with van der Waals surface area (Å²) in [6.45, 7) is 6.23. The molecule has 0 rings (SSSR count). The molecule has 0 aliphatic carbocycles. The first-order valence-corrected chi connectivity index (χ1v) is 2.40. The van der Waals surface area contributed by atoms with Gasteiger partial charge in [-0.15, -0.1) is 0 Å². The molecule has 0 atom stereocenters. The summed E-state index contributed by atoms with van der Waals surface area (Å²) in [6, 6.07) is 0. The van der Waals surface area contributed by atoms with Crippen LogP contribution in [0.5, 0.6) is 0 Å². The maximum atomic E-state index is 5.09. The minimum Gasteiger partial charge on any atom is -0.412 e. The van der Waals surface area contributed by atoms with Crippen LogP contribution in [0.25, 0.3) is 0 Å². The lowest BCUT2D eigenvalue weighted by Crippen LogP contribution is -2.23.